The van der Waals surface area contributed by atoms with Crippen molar-refractivity contribution < 1.29 is 9.18 Å². The Labute approximate surface area is 137 Å². The predicted molar refractivity (Wildman–Crippen MR) is 87.3 cm³/mol. The number of nitrogens with zero attached hydrogens (tertiary/aromatic N) is 2. The third-order valence-electron chi connectivity index (χ3n) is 3.23. The molecule has 4 nitrogen and oxygen atoms in total. The van der Waals surface area contributed by atoms with Crippen LogP contribution in [0.25, 0.3) is 5.69 Å². The number of nitrogens with one attached hydrogen (secondary N) is 1. The summed E-state index contributed by atoms with van der Waals surface area (Å²) in [5, 5.41) is 7.00. The van der Waals surface area contributed by atoms with Crippen molar-refractivity contribution >= 4 is 23.3 Å². The first kappa shape index (κ1) is 15.2. The summed E-state index contributed by atoms with van der Waals surface area (Å²) in [4.78, 5) is 12.0. The molecule has 3 aromatic rings. The highest BCUT2D eigenvalue weighted by atomic mass is 35.5. The average molecular weight is 330 g/mol. The highest BCUT2D eigenvalue weighted by Crippen LogP contribution is 2.17. The number of halogens is 2. The van der Waals surface area contributed by atoms with E-state index in [1.807, 2.05) is 30.3 Å². The van der Waals surface area contributed by atoms with Crippen LogP contribution in [0, 0.1) is 5.82 Å². The fourth-order valence-electron chi connectivity index (χ4n) is 2.14. The lowest BCUT2D eigenvalue weighted by atomic mass is 10.1. The van der Waals surface area contributed by atoms with Crippen LogP contribution in [0.3, 0.4) is 0 Å². The molecule has 0 spiro atoms. The van der Waals surface area contributed by atoms with Gasteiger partial charge in [-0.25, -0.2) is 9.07 Å². The van der Waals surface area contributed by atoms with E-state index in [2.05, 4.69) is 10.4 Å². The zero-order valence-electron chi connectivity index (χ0n) is 12.0. The Kier molecular flexibility index (Phi) is 4.39. The zero-order valence-corrected chi connectivity index (χ0v) is 12.8. The van der Waals surface area contributed by atoms with Gasteiger partial charge in [-0.2, -0.15) is 5.10 Å². The monoisotopic (exact) mass is 329 g/mol. The van der Waals surface area contributed by atoms with Crippen LogP contribution in [0.2, 0.25) is 5.02 Å². The molecule has 1 heterocycles. The molecule has 6 heteroatoms. The van der Waals surface area contributed by atoms with E-state index >= 15 is 0 Å². The molecule has 1 N–H and O–H groups in total. The average Bonchev–Trinajstić information content (AvgIpc) is 3.00. The molecule has 0 bridgehead atoms. The minimum absolute atomic E-state index is 0.00338. The zero-order chi connectivity index (χ0) is 16.2. The maximum atomic E-state index is 13.1. The Morgan fingerprint density at radius 1 is 1.17 bits per heavy atom. The molecule has 0 fully saturated rings. The normalized spacial score (nSPS) is 10.5. The van der Waals surface area contributed by atoms with Crippen LogP contribution in [0.4, 0.5) is 10.2 Å². The van der Waals surface area contributed by atoms with Gasteiger partial charge in [0, 0.05) is 12.3 Å². The van der Waals surface area contributed by atoms with E-state index in [1.165, 1.54) is 18.2 Å². The summed E-state index contributed by atoms with van der Waals surface area (Å²) in [6, 6.07) is 15.5. The van der Waals surface area contributed by atoms with Crippen molar-refractivity contribution in [2.75, 3.05) is 5.32 Å². The first-order valence-corrected chi connectivity index (χ1v) is 7.34. The van der Waals surface area contributed by atoms with Crippen LogP contribution < -0.4 is 5.32 Å². The number of hydrogen-bond donors (Lipinski definition) is 1. The lowest BCUT2D eigenvalue weighted by Crippen LogP contribution is -2.15. The van der Waals surface area contributed by atoms with E-state index < -0.39 is 5.82 Å². The molecule has 0 unspecified atom stereocenters. The van der Waals surface area contributed by atoms with Gasteiger partial charge in [0.05, 0.1) is 17.1 Å². The fourth-order valence-corrected chi connectivity index (χ4v) is 2.34. The predicted octanol–water partition coefficient (Wildman–Crippen LogP) is 3.85. The summed E-state index contributed by atoms with van der Waals surface area (Å²) in [6.07, 6.45) is 1.86. The van der Waals surface area contributed by atoms with Crippen molar-refractivity contribution in [2.24, 2.45) is 0 Å². The molecule has 23 heavy (non-hydrogen) atoms. The molecule has 2 aromatic carbocycles. The molecule has 116 valence electrons. The first-order valence-electron chi connectivity index (χ1n) is 6.97. The van der Waals surface area contributed by atoms with E-state index in [0.29, 0.717) is 11.4 Å². The molecule has 0 saturated heterocycles. The molecule has 0 atom stereocenters. The van der Waals surface area contributed by atoms with Gasteiger partial charge in [-0.1, -0.05) is 35.9 Å². The summed E-state index contributed by atoms with van der Waals surface area (Å²) in [5.74, 6) is -0.296. The smallest absolute Gasteiger partial charge is 0.229 e. The Bertz CT molecular complexity index is 833. The number of para-hydroxylation sites is 1. The second-order valence-electron chi connectivity index (χ2n) is 4.95. The van der Waals surface area contributed by atoms with Crippen molar-refractivity contribution in [1.82, 2.24) is 9.78 Å². The molecule has 0 saturated carbocycles. The third-order valence-corrected chi connectivity index (χ3v) is 3.52. The molecule has 1 aromatic heterocycles. The first-order chi connectivity index (χ1) is 11.1. The van der Waals surface area contributed by atoms with Gasteiger partial charge in [-0.05, 0) is 29.8 Å². The minimum atomic E-state index is -0.502. The number of benzene rings is 2. The molecule has 0 aliphatic rings. The van der Waals surface area contributed by atoms with Crippen LogP contribution in [-0.4, -0.2) is 15.7 Å². The van der Waals surface area contributed by atoms with E-state index in [0.717, 1.165) is 5.69 Å². The van der Waals surface area contributed by atoms with Crippen molar-refractivity contribution in [1.29, 1.82) is 0 Å². The molecule has 3 rings (SSSR count). The van der Waals surface area contributed by atoms with Crippen LogP contribution in [0.1, 0.15) is 5.56 Å². The van der Waals surface area contributed by atoms with Crippen molar-refractivity contribution in [3.8, 4) is 5.69 Å². The SMILES string of the molecule is O=C(Cc1ccc(F)c(Cl)c1)Nc1ccn(-c2ccccc2)n1. The van der Waals surface area contributed by atoms with Crippen molar-refractivity contribution in [2.45, 2.75) is 6.42 Å². The van der Waals surface area contributed by atoms with Gasteiger partial charge >= 0.3 is 0 Å². The highest BCUT2D eigenvalue weighted by Gasteiger charge is 2.09. The standard InChI is InChI=1S/C17H13ClFN3O/c18-14-10-12(6-7-15(14)19)11-17(23)20-16-8-9-22(21-16)13-4-2-1-3-5-13/h1-10H,11H2,(H,20,21,23). The molecule has 0 aliphatic carbocycles. The van der Waals surface area contributed by atoms with Gasteiger partial charge in [-0.15, -0.1) is 0 Å². The van der Waals surface area contributed by atoms with Crippen molar-refractivity contribution in [3.63, 3.8) is 0 Å². The third kappa shape index (κ3) is 3.76. The maximum Gasteiger partial charge on any atom is 0.229 e. The van der Waals surface area contributed by atoms with Gasteiger partial charge in [0.25, 0.3) is 0 Å². The number of hydrogen-bond acceptors (Lipinski definition) is 2. The van der Waals surface area contributed by atoms with E-state index in [-0.39, 0.29) is 17.4 Å². The van der Waals surface area contributed by atoms with Crippen LogP contribution in [0.15, 0.2) is 60.8 Å². The number of anilines is 1. The van der Waals surface area contributed by atoms with Gasteiger partial charge in [-0.3, -0.25) is 4.79 Å². The van der Waals surface area contributed by atoms with E-state index in [9.17, 15) is 9.18 Å². The van der Waals surface area contributed by atoms with Gasteiger partial charge in [0.1, 0.15) is 5.82 Å². The summed E-state index contributed by atoms with van der Waals surface area (Å²) in [6.45, 7) is 0. The lowest BCUT2D eigenvalue weighted by Gasteiger charge is -2.04. The summed E-state index contributed by atoms with van der Waals surface area (Å²) in [5.41, 5.74) is 1.54. The minimum Gasteiger partial charge on any atom is -0.309 e. The Morgan fingerprint density at radius 3 is 2.70 bits per heavy atom. The largest absolute Gasteiger partial charge is 0.309 e. The second kappa shape index (κ2) is 6.62. The van der Waals surface area contributed by atoms with E-state index in [1.54, 1.807) is 16.9 Å². The summed E-state index contributed by atoms with van der Waals surface area (Å²) in [7, 11) is 0. The molecule has 0 aliphatic heterocycles. The van der Waals surface area contributed by atoms with Crippen LogP contribution >= 0.6 is 11.6 Å². The molecule has 0 radical (unpaired) electrons. The number of carbonyl (C=O) groups is 1. The van der Waals surface area contributed by atoms with Gasteiger partial charge in [0.2, 0.25) is 5.91 Å². The Balaban J connectivity index is 1.66. The summed E-state index contributed by atoms with van der Waals surface area (Å²) < 4.78 is 14.8. The van der Waals surface area contributed by atoms with Crippen LogP contribution in [-0.2, 0) is 11.2 Å². The maximum absolute atomic E-state index is 13.1. The van der Waals surface area contributed by atoms with E-state index in [4.69, 9.17) is 11.6 Å². The molecular formula is C17H13ClFN3O. The Hall–Kier alpha value is -2.66. The van der Waals surface area contributed by atoms with Crippen LogP contribution in [0.5, 0.6) is 0 Å². The highest BCUT2D eigenvalue weighted by molar-refractivity contribution is 6.30. The summed E-state index contributed by atoms with van der Waals surface area (Å²) >= 11 is 5.71. The number of rotatable bonds is 4. The van der Waals surface area contributed by atoms with Crippen molar-refractivity contribution in [3.05, 3.63) is 77.2 Å². The quantitative estimate of drug-likeness (QED) is 0.790. The topological polar surface area (TPSA) is 46.9 Å². The Morgan fingerprint density at radius 2 is 1.96 bits per heavy atom. The second-order valence-corrected chi connectivity index (χ2v) is 5.36. The fraction of sp³-hybridized carbons (Fsp3) is 0.0588. The van der Waals surface area contributed by atoms with Gasteiger partial charge in [0.15, 0.2) is 5.82 Å². The number of aromatic nitrogens is 2. The number of carbonyl (C=O) groups excluding carboxylic acids is 1. The molecule has 1 amide bonds. The number of amides is 1. The molecular weight excluding hydrogens is 317 g/mol. The van der Waals surface area contributed by atoms with Gasteiger partial charge < -0.3 is 5.32 Å². The lowest BCUT2D eigenvalue weighted by molar-refractivity contribution is -0.115.